The second-order valence-corrected chi connectivity index (χ2v) is 4.83. The van der Waals surface area contributed by atoms with Crippen LogP contribution in [0.15, 0.2) is 24.3 Å². The van der Waals surface area contributed by atoms with E-state index >= 15 is 0 Å². The quantitative estimate of drug-likeness (QED) is 0.670. The number of hydrogen-bond acceptors (Lipinski definition) is 6. The van der Waals surface area contributed by atoms with Gasteiger partial charge in [0, 0.05) is 0 Å². The van der Waals surface area contributed by atoms with E-state index in [0.29, 0.717) is 77.6 Å². The Morgan fingerprint density at radius 2 is 0.958 bits per heavy atom. The number of para-hydroxylation sites is 2. The zero-order valence-corrected chi connectivity index (χ0v) is 13.8. The Hall–Kier alpha value is -1.78. The Morgan fingerprint density at radius 1 is 0.542 bits per heavy atom. The summed E-state index contributed by atoms with van der Waals surface area (Å²) in [7, 11) is 0. The summed E-state index contributed by atoms with van der Waals surface area (Å²) < 4.78 is 32.9. The molecule has 0 N–H and O–H groups in total. The minimum atomic E-state index is 0.379. The van der Waals surface area contributed by atoms with Gasteiger partial charge in [-0.05, 0) is 12.1 Å². The van der Waals surface area contributed by atoms with E-state index in [4.69, 9.17) is 28.4 Å². The third kappa shape index (κ3) is 8.18. The molecule has 0 spiro atoms. The summed E-state index contributed by atoms with van der Waals surface area (Å²) in [6.45, 7) is 4.66. The average Bonchev–Trinajstić information content (AvgIpc) is 2.61. The summed E-state index contributed by atoms with van der Waals surface area (Å²) in [6, 6.07) is 7.56. The van der Waals surface area contributed by atoms with Crippen LogP contribution in [0, 0.1) is 11.8 Å². The van der Waals surface area contributed by atoms with Gasteiger partial charge in [-0.3, -0.25) is 0 Å². The third-order valence-electron chi connectivity index (χ3n) is 3.04. The lowest BCUT2D eigenvalue weighted by Gasteiger charge is -2.13. The van der Waals surface area contributed by atoms with Crippen molar-refractivity contribution in [3.8, 4) is 23.3 Å². The van der Waals surface area contributed by atoms with Crippen LogP contribution in [0.2, 0.25) is 0 Å². The van der Waals surface area contributed by atoms with E-state index in [0.717, 1.165) is 0 Å². The third-order valence-corrected chi connectivity index (χ3v) is 3.04. The maximum atomic E-state index is 5.70. The highest BCUT2D eigenvalue weighted by atomic mass is 16.6. The van der Waals surface area contributed by atoms with Crippen LogP contribution >= 0.6 is 0 Å². The smallest absolute Gasteiger partial charge is 0.161 e. The van der Waals surface area contributed by atoms with Crippen molar-refractivity contribution in [2.24, 2.45) is 0 Å². The number of benzene rings is 1. The van der Waals surface area contributed by atoms with Gasteiger partial charge >= 0.3 is 0 Å². The fraction of sp³-hybridized carbons (Fsp3) is 0.556. The van der Waals surface area contributed by atoms with E-state index in [1.54, 1.807) is 0 Å². The Kier molecular flexibility index (Phi) is 9.76. The molecule has 0 aliphatic carbocycles. The maximum absolute atomic E-state index is 5.70. The van der Waals surface area contributed by atoms with Crippen molar-refractivity contribution in [2.45, 2.75) is 0 Å². The zero-order valence-electron chi connectivity index (χ0n) is 13.8. The molecule has 1 aliphatic heterocycles. The van der Waals surface area contributed by atoms with Gasteiger partial charge in [0.25, 0.3) is 0 Å². The van der Waals surface area contributed by atoms with Gasteiger partial charge in [-0.15, -0.1) is 0 Å². The molecular weight excluding hydrogens is 312 g/mol. The summed E-state index contributed by atoms with van der Waals surface area (Å²) in [5.74, 6) is 7.16. The molecule has 1 aliphatic rings. The largest absolute Gasteiger partial charge is 0.487 e. The second-order valence-electron chi connectivity index (χ2n) is 4.83. The SMILES string of the molecule is C1#CCOCCOCCOc2ccccc2OCCOCCOC1. The van der Waals surface area contributed by atoms with Crippen LogP contribution in [0.3, 0.4) is 0 Å². The minimum absolute atomic E-state index is 0.379. The molecule has 6 nitrogen and oxygen atoms in total. The monoisotopic (exact) mass is 336 g/mol. The van der Waals surface area contributed by atoms with Gasteiger partial charge in [-0.1, -0.05) is 24.0 Å². The first-order valence-electron chi connectivity index (χ1n) is 8.08. The molecule has 1 aromatic rings. The molecule has 0 fully saturated rings. The van der Waals surface area contributed by atoms with Crippen molar-refractivity contribution < 1.29 is 28.4 Å². The lowest BCUT2D eigenvalue weighted by atomic mass is 10.3. The van der Waals surface area contributed by atoms with Gasteiger partial charge in [0.2, 0.25) is 0 Å². The molecule has 1 aromatic carbocycles. The molecule has 0 amide bonds. The van der Waals surface area contributed by atoms with Gasteiger partial charge in [-0.2, -0.15) is 0 Å². The predicted octanol–water partition coefficient (Wildman–Crippen LogP) is 1.53. The number of hydrogen-bond donors (Lipinski definition) is 0. The van der Waals surface area contributed by atoms with Crippen molar-refractivity contribution >= 4 is 0 Å². The van der Waals surface area contributed by atoms with E-state index < -0.39 is 0 Å². The summed E-state index contributed by atoms with van der Waals surface area (Å²) >= 11 is 0. The topological polar surface area (TPSA) is 55.4 Å². The molecular formula is C18H24O6. The highest BCUT2D eigenvalue weighted by molar-refractivity contribution is 5.39. The van der Waals surface area contributed by atoms with Gasteiger partial charge < -0.3 is 28.4 Å². The molecule has 0 saturated heterocycles. The van der Waals surface area contributed by atoms with Crippen LogP contribution in [0.4, 0.5) is 0 Å². The van der Waals surface area contributed by atoms with Gasteiger partial charge in [0.15, 0.2) is 11.5 Å². The van der Waals surface area contributed by atoms with Crippen LogP contribution in [0.5, 0.6) is 11.5 Å². The molecule has 1 heterocycles. The highest BCUT2D eigenvalue weighted by Gasteiger charge is 2.04. The molecule has 0 saturated carbocycles. The summed E-state index contributed by atoms with van der Waals surface area (Å²) in [4.78, 5) is 0. The number of fused-ring (bicyclic) bond motifs is 1. The van der Waals surface area contributed by atoms with Gasteiger partial charge in [0.1, 0.15) is 26.4 Å². The molecule has 6 heteroatoms. The molecule has 0 aromatic heterocycles. The van der Waals surface area contributed by atoms with Crippen molar-refractivity contribution in [1.82, 2.24) is 0 Å². The molecule has 0 unspecified atom stereocenters. The highest BCUT2D eigenvalue weighted by Crippen LogP contribution is 2.26. The summed E-state index contributed by atoms with van der Waals surface area (Å²) in [5, 5.41) is 0. The van der Waals surface area contributed by atoms with E-state index in [1.807, 2.05) is 24.3 Å². The summed E-state index contributed by atoms with van der Waals surface area (Å²) in [5.41, 5.74) is 0. The Morgan fingerprint density at radius 3 is 1.46 bits per heavy atom. The minimum Gasteiger partial charge on any atom is -0.487 e. The van der Waals surface area contributed by atoms with Crippen LogP contribution in [-0.2, 0) is 18.9 Å². The van der Waals surface area contributed by atoms with Crippen LogP contribution in [0.1, 0.15) is 0 Å². The van der Waals surface area contributed by atoms with Crippen molar-refractivity contribution in [2.75, 3.05) is 66.1 Å². The Labute approximate surface area is 142 Å². The summed E-state index contributed by atoms with van der Waals surface area (Å²) in [6.07, 6.45) is 0. The molecule has 0 radical (unpaired) electrons. The fourth-order valence-corrected chi connectivity index (χ4v) is 1.90. The molecule has 0 atom stereocenters. The van der Waals surface area contributed by atoms with Gasteiger partial charge in [0.05, 0.1) is 39.6 Å². The predicted molar refractivity (Wildman–Crippen MR) is 88.5 cm³/mol. The van der Waals surface area contributed by atoms with E-state index in [-0.39, 0.29) is 0 Å². The number of ether oxygens (including phenoxy) is 6. The molecule has 0 bridgehead atoms. The van der Waals surface area contributed by atoms with E-state index in [9.17, 15) is 0 Å². The van der Waals surface area contributed by atoms with Crippen LogP contribution in [0.25, 0.3) is 0 Å². The zero-order chi connectivity index (χ0) is 16.7. The van der Waals surface area contributed by atoms with Crippen molar-refractivity contribution in [3.63, 3.8) is 0 Å². The van der Waals surface area contributed by atoms with Crippen molar-refractivity contribution in [3.05, 3.63) is 24.3 Å². The second kappa shape index (κ2) is 12.6. The Balaban J connectivity index is 1.78. The normalized spacial score (nSPS) is 18.8. The first-order chi connectivity index (χ1) is 12.0. The number of rotatable bonds is 0. The first-order valence-corrected chi connectivity index (χ1v) is 8.08. The molecule has 132 valence electrons. The lowest BCUT2D eigenvalue weighted by molar-refractivity contribution is 0.0409. The average molecular weight is 336 g/mol. The molecule has 24 heavy (non-hydrogen) atoms. The van der Waals surface area contributed by atoms with Crippen molar-refractivity contribution in [1.29, 1.82) is 0 Å². The van der Waals surface area contributed by atoms with Crippen LogP contribution < -0.4 is 9.47 Å². The first kappa shape index (κ1) is 18.6. The maximum Gasteiger partial charge on any atom is 0.161 e. The lowest BCUT2D eigenvalue weighted by Crippen LogP contribution is -2.13. The van der Waals surface area contributed by atoms with Gasteiger partial charge in [-0.25, -0.2) is 0 Å². The van der Waals surface area contributed by atoms with E-state index in [1.165, 1.54) is 0 Å². The standard InChI is InChI=1S/C18H24O6/c1-2-6-18-17(5-1)23-15-13-21-11-9-19-7-3-4-8-20-10-12-22-14-16-24-18/h1-2,5-6H,7-16H2. The Bertz CT molecular complexity index is 465. The fourth-order valence-electron chi connectivity index (χ4n) is 1.90. The van der Waals surface area contributed by atoms with Crippen LogP contribution in [-0.4, -0.2) is 66.1 Å². The molecule has 2 rings (SSSR count). The van der Waals surface area contributed by atoms with E-state index in [2.05, 4.69) is 11.8 Å².